The van der Waals surface area contributed by atoms with Gasteiger partial charge in [0.2, 0.25) is 0 Å². The smallest absolute Gasteiger partial charge is 0.461 e. The van der Waals surface area contributed by atoms with Crippen molar-refractivity contribution in [1.29, 1.82) is 0 Å². The number of hydrogen-bond donors (Lipinski definition) is 0. The van der Waals surface area contributed by atoms with Gasteiger partial charge < -0.3 is 8.60 Å². The molecule has 1 aromatic carbocycles. The summed E-state index contributed by atoms with van der Waals surface area (Å²) in [6.45, 7) is -0.176. The van der Waals surface area contributed by atoms with Crippen LogP contribution in [0.25, 0.3) is 11.0 Å². The third-order valence-corrected chi connectivity index (χ3v) is 4.25. The average Bonchev–Trinajstić information content (AvgIpc) is 2.77. The molecule has 2 aromatic rings. The number of alkyl halides is 3. The molecule has 7 nitrogen and oxygen atoms in total. The van der Waals surface area contributed by atoms with Crippen molar-refractivity contribution in [3.05, 3.63) is 30.0 Å². The number of benzene rings is 1. The molecule has 0 spiro atoms. The Morgan fingerprint density at radius 1 is 1.12 bits per heavy atom. The quantitative estimate of drug-likeness (QED) is 0.552. The van der Waals surface area contributed by atoms with Gasteiger partial charge in [0.1, 0.15) is 17.1 Å². The van der Waals surface area contributed by atoms with Gasteiger partial charge >= 0.3 is 15.6 Å². The van der Waals surface area contributed by atoms with Crippen molar-refractivity contribution in [3.8, 4) is 5.75 Å². The molecule has 0 unspecified atom stereocenters. The van der Waals surface area contributed by atoms with Crippen molar-refractivity contribution >= 4 is 31.2 Å². The van der Waals surface area contributed by atoms with Gasteiger partial charge in [0.25, 0.3) is 10.1 Å². The topological polar surface area (TPSA) is 99.9 Å². The summed E-state index contributed by atoms with van der Waals surface area (Å²) in [5.74, 6) is -0.252. The molecule has 0 atom stereocenters. The predicted octanol–water partition coefficient (Wildman–Crippen LogP) is 2.18. The molecule has 1 aromatic heterocycles. The van der Waals surface area contributed by atoms with Crippen LogP contribution in [0, 0.1) is 0 Å². The van der Waals surface area contributed by atoms with Crippen LogP contribution in [0.1, 0.15) is 5.76 Å². The summed E-state index contributed by atoms with van der Waals surface area (Å²) in [7, 11) is -9.37. The highest BCUT2D eigenvalue weighted by Crippen LogP contribution is 2.30. The Bertz CT molecular complexity index is 943. The SMILES string of the molecule is CS(=O)(=O)OCCc1cc2ccc(OS(=O)(=O)C(F)(F)F)cc2o1. The lowest BCUT2D eigenvalue weighted by molar-refractivity contribution is -0.0500. The minimum Gasteiger partial charge on any atom is -0.461 e. The highest BCUT2D eigenvalue weighted by Gasteiger charge is 2.48. The van der Waals surface area contributed by atoms with Gasteiger partial charge in [0, 0.05) is 17.9 Å². The molecule has 12 heteroatoms. The van der Waals surface area contributed by atoms with Crippen molar-refractivity contribution < 1.29 is 42.8 Å². The zero-order valence-electron chi connectivity index (χ0n) is 12.0. The molecule has 24 heavy (non-hydrogen) atoms. The van der Waals surface area contributed by atoms with E-state index in [2.05, 4.69) is 8.37 Å². The number of rotatable bonds is 6. The maximum absolute atomic E-state index is 12.3. The van der Waals surface area contributed by atoms with Crippen LogP contribution in [0.15, 0.2) is 28.7 Å². The summed E-state index contributed by atoms with van der Waals surface area (Å²) in [5.41, 5.74) is -5.46. The highest BCUT2D eigenvalue weighted by atomic mass is 32.2. The van der Waals surface area contributed by atoms with Crippen LogP contribution in [0.2, 0.25) is 0 Å². The Morgan fingerprint density at radius 2 is 1.79 bits per heavy atom. The minimum absolute atomic E-state index is 0.0826. The summed E-state index contributed by atoms with van der Waals surface area (Å²) in [5, 5.41) is 0.473. The number of halogens is 3. The molecule has 134 valence electrons. The fourth-order valence-electron chi connectivity index (χ4n) is 1.71. The highest BCUT2D eigenvalue weighted by molar-refractivity contribution is 7.88. The Balaban J connectivity index is 2.17. The maximum atomic E-state index is 12.3. The first kappa shape index (κ1) is 18.5. The van der Waals surface area contributed by atoms with Crippen LogP contribution in [0.3, 0.4) is 0 Å². The molecule has 1 heterocycles. The maximum Gasteiger partial charge on any atom is 0.534 e. The fourth-order valence-corrected chi connectivity index (χ4v) is 2.55. The molecule has 0 aliphatic rings. The van der Waals surface area contributed by atoms with E-state index in [1.165, 1.54) is 12.1 Å². The predicted molar refractivity (Wildman–Crippen MR) is 76.3 cm³/mol. The summed E-state index contributed by atoms with van der Waals surface area (Å²) in [6.07, 6.45) is 0.981. The normalized spacial score (nSPS) is 13.3. The van der Waals surface area contributed by atoms with Crippen LogP contribution in [0.4, 0.5) is 13.2 Å². The second-order valence-corrected chi connectivity index (χ2v) is 7.85. The van der Waals surface area contributed by atoms with E-state index in [1.807, 2.05) is 0 Å². The standard InChI is InChI=1S/C12H11F3O7S2/c1-23(16,17)20-5-4-9-6-8-2-3-10(7-11(8)21-9)22-24(18,19)12(13,14)15/h2-3,6-7H,4-5H2,1H3. The van der Waals surface area contributed by atoms with Gasteiger partial charge in [-0.25, -0.2) is 0 Å². The van der Waals surface area contributed by atoms with Crippen molar-refractivity contribution in [1.82, 2.24) is 0 Å². The van der Waals surface area contributed by atoms with E-state index >= 15 is 0 Å². The van der Waals surface area contributed by atoms with Crippen LogP contribution >= 0.6 is 0 Å². The summed E-state index contributed by atoms with van der Waals surface area (Å²) in [6, 6.07) is 4.85. The largest absolute Gasteiger partial charge is 0.534 e. The van der Waals surface area contributed by atoms with Gasteiger partial charge in [-0.3, -0.25) is 4.18 Å². The van der Waals surface area contributed by atoms with Gasteiger partial charge in [-0.1, -0.05) is 0 Å². The van der Waals surface area contributed by atoms with Gasteiger partial charge in [-0.15, -0.1) is 0 Å². The lowest BCUT2D eigenvalue weighted by atomic mass is 10.2. The zero-order valence-corrected chi connectivity index (χ0v) is 13.7. The van der Waals surface area contributed by atoms with Crippen LogP contribution in [-0.2, 0) is 30.8 Å². The molecule has 2 rings (SSSR count). The first-order valence-electron chi connectivity index (χ1n) is 6.25. The first-order valence-corrected chi connectivity index (χ1v) is 9.47. The lowest BCUT2D eigenvalue weighted by Crippen LogP contribution is -2.27. The van der Waals surface area contributed by atoms with Crippen molar-refractivity contribution in [2.45, 2.75) is 11.9 Å². The van der Waals surface area contributed by atoms with E-state index in [1.54, 1.807) is 0 Å². The number of fused-ring (bicyclic) bond motifs is 1. The van der Waals surface area contributed by atoms with Crippen molar-refractivity contribution in [2.75, 3.05) is 12.9 Å². The lowest BCUT2D eigenvalue weighted by Gasteiger charge is -2.08. The molecule has 0 aliphatic carbocycles. The van der Waals surface area contributed by atoms with Gasteiger partial charge in [-0.05, 0) is 18.2 Å². The van der Waals surface area contributed by atoms with E-state index < -0.39 is 31.5 Å². The van der Waals surface area contributed by atoms with Crippen LogP contribution in [0.5, 0.6) is 5.75 Å². The molecule has 0 saturated carbocycles. The van der Waals surface area contributed by atoms with Crippen LogP contribution < -0.4 is 4.18 Å². The van der Waals surface area contributed by atoms with E-state index in [0.717, 1.165) is 18.4 Å². The fraction of sp³-hybridized carbons (Fsp3) is 0.333. The van der Waals surface area contributed by atoms with E-state index in [0.29, 0.717) is 11.1 Å². The van der Waals surface area contributed by atoms with Crippen molar-refractivity contribution in [2.24, 2.45) is 0 Å². The second-order valence-electron chi connectivity index (χ2n) is 4.67. The summed E-state index contributed by atoms with van der Waals surface area (Å²) < 4.78 is 94.2. The second kappa shape index (κ2) is 6.26. The molecule has 0 amide bonds. The zero-order chi connectivity index (χ0) is 18.2. The monoisotopic (exact) mass is 388 g/mol. The number of furan rings is 1. The number of hydrogen-bond acceptors (Lipinski definition) is 7. The van der Waals surface area contributed by atoms with Crippen molar-refractivity contribution in [3.63, 3.8) is 0 Å². The molecule has 0 saturated heterocycles. The third kappa shape index (κ3) is 4.61. The van der Waals surface area contributed by atoms with Gasteiger partial charge in [0.05, 0.1) is 12.9 Å². The van der Waals surface area contributed by atoms with Gasteiger partial charge in [0.15, 0.2) is 0 Å². The first-order chi connectivity index (χ1) is 10.9. The summed E-state index contributed by atoms with van der Waals surface area (Å²) >= 11 is 0. The van der Waals surface area contributed by atoms with Gasteiger partial charge in [-0.2, -0.15) is 30.0 Å². The average molecular weight is 388 g/mol. The minimum atomic E-state index is -5.77. The molecule has 0 aliphatic heterocycles. The molecule has 0 N–H and O–H groups in total. The molecule has 0 radical (unpaired) electrons. The molecule has 0 bridgehead atoms. The Hall–Kier alpha value is -1.79. The molecular weight excluding hydrogens is 377 g/mol. The molecular formula is C12H11F3O7S2. The summed E-state index contributed by atoms with van der Waals surface area (Å²) in [4.78, 5) is 0. The van der Waals surface area contributed by atoms with E-state index in [4.69, 9.17) is 4.42 Å². The molecule has 0 fully saturated rings. The van der Waals surface area contributed by atoms with E-state index in [9.17, 15) is 30.0 Å². The Kier molecular flexibility index (Phi) is 4.84. The van der Waals surface area contributed by atoms with Crippen LogP contribution in [-0.4, -0.2) is 35.2 Å². The third-order valence-electron chi connectivity index (χ3n) is 2.68. The Morgan fingerprint density at radius 3 is 2.38 bits per heavy atom. The Labute approximate surface area is 135 Å². The van der Waals surface area contributed by atoms with E-state index in [-0.39, 0.29) is 18.6 Å².